The third-order valence-electron chi connectivity index (χ3n) is 13.5. The van der Waals surface area contributed by atoms with Gasteiger partial charge in [0.25, 0.3) is 0 Å². The molecule has 68 heavy (non-hydrogen) atoms. The van der Waals surface area contributed by atoms with Crippen molar-refractivity contribution in [1.29, 1.82) is 0 Å². The summed E-state index contributed by atoms with van der Waals surface area (Å²) in [6.45, 7) is 0. The zero-order valence-electron chi connectivity index (χ0n) is 37.1. The monoisotopic (exact) mass is 945 g/mol. The van der Waals surface area contributed by atoms with E-state index in [0.717, 1.165) is 77.8 Å². The second-order valence-electron chi connectivity index (χ2n) is 17.2. The summed E-state index contributed by atoms with van der Waals surface area (Å²) in [6.07, 6.45) is 0. The molecule has 2 heterocycles. The number of benzene rings is 10. The Hall–Kier alpha value is -8.20. The molecule has 0 fully saturated rings. The second-order valence-corrected chi connectivity index (χ2v) is 25.1. The molecule has 0 spiro atoms. The van der Waals surface area contributed by atoms with Crippen LogP contribution in [-0.4, -0.2) is 29.5 Å². The number of methoxy groups -OCH3 is 1. The molecule has 0 aliphatic heterocycles. The predicted molar refractivity (Wildman–Crippen MR) is 280 cm³/mol. The summed E-state index contributed by atoms with van der Waals surface area (Å²) in [6, 6.07) is 83.5. The zero-order valence-corrected chi connectivity index (χ0v) is 39.2. The molecular formula is C61H43F2GeN3O. The summed E-state index contributed by atoms with van der Waals surface area (Å²) in [5, 5.41) is 4.35. The molecule has 0 atom stereocenters. The Balaban J connectivity index is 1.13. The standard InChI is InChI=1S/C61H43F2GeN3O/c1-68-53-34-30-48(31-35-53)65(51-32-37-60-56(40-51)54-19-11-12-20-58(54)66(60)49-26-21-42(62)22-27-49)52-33-38-61-57(41-52)55-39-47(25-36-59(55)67(61)50-28-23-43(63)24-29-50)64(44-13-5-2-6-14-44,45-15-7-3-8-16-45)46-17-9-4-10-18-46/h2-41H,1H3. The third-order valence-corrected chi connectivity index (χ3v) is 23.5. The molecule has 0 aliphatic rings. The van der Waals surface area contributed by atoms with Crippen LogP contribution in [0.5, 0.6) is 5.75 Å². The normalized spacial score (nSPS) is 11.8. The number of anilines is 3. The van der Waals surface area contributed by atoms with Crippen molar-refractivity contribution in [2.75, 3.05) is 12.0 Å². The van der Waals surface area contributed by atoms with Crippen LogP contribution in [-0.2, 0) is 0 Å². The van der Waals surface area contributed by atoms with Crippen molar-refractivity contribution in [3.8, 4) is 17.1 Å². The number of hydrogen-bond donors (Lipinski definition) is 0. The molecular weight excluding hydrogens is 901 g/mol. The first-order valence-electron chi connectivity index (χ1n) is 22.7. The number of aromatic nitrogens is 2. The molecule has 2 aromatic heterocycles. The van der Waals surface area contributed by atoms with Crippen molar-refractivity contribution in [1.82, 2.24) is 9.13 Å². The van der Waals surface area contributed by atoms with Crippen molar-refractivity contribution in [2.45, 2.75) is 0 Å². The Morgan fingerprint density at radius 3 is 1.24 bits per heavy atom. The van der Waals surface area contributed by atoms with E-state index in [0.29, 0.717) is 0 Å². The van der Waals surface area contributed by atoms with Gasteiger partial charge in [-0.15, -0.1) is 0 Å². The molecule has 0 unspecified atom stereocenters. The van der Waals surface area contributed by atoms with E-state index in [2.05, 4.69) is 190 Å². The van der Waals surface area contributed by atoms with E-state index >= 15 is 0 Å². The summed E-state index contributed by atoms with van der Waals surface area (Å²) < 4.78 is 44.2. The summed E-state index contributed by atoms with van der Waals surface area (Å²) >= 11 is -3.69. The van der Waals surface area contributed by atoms with Crippen molar-refractivity contribution in [3.63, 3.8) is 0 Å². The minimum atomic E-state index is -3.69. The fraction of sp³-hybridized carbons (Fsp3) is 0.0164. The average molecular weight is 945 g/mol. The summed E-state index contributed by atoms with van der Waals surface area (Å²) in [5.41, 5.74) is 8.76. The number of ether oxygens (including phenoxy) is 1. The number of para-hydroxylation sites is 1. The third kappa shape index (κ3) is 6.78. The molecule has 0 saturated carbocycles. The van der Waals surface area contributed by atoms with Gasteiger partial charge in [-0.1, -0.05) is 12.1 Å². The average Bonchev–Trinajstić information content (AvgIpc) is 3.90. The molecule has 0 amide bonds. The number of fused-ring (bicyclic) bond motifs is 6. The summed E-state index contributed by atoms with van der Waals surface area (Å²) in [5.74, 6) is 0.214. The van der Waals surface area contributed by atoms with Crippen molar-refractivity contribution >= 4 is 91.5 Å². The van der Waals surface area contributed by atoms with Gasteiger partial charge < -0.3 is 0 Å². The van der Waals surface area contributed by atoms with E-state index in [4.69, 9.17) is 4.74 Å². The molecule has 7 heteroatoms. The Kier molecular flexibility index (Phi) is 10.3. The van der Waals surface area contributed by atoms with Crippen LogP contribution in [0.2, 0.25) is 0 Å². The van der Waals surface area contributed by atoms with Crippen LogP contribution in [0.4, 0.5) is 25.8 Å². The Morgan fingerprint density at radius 2 is 0.750 bits per heavy atom. The number of rotatable bonds is 10. The minimum absolute atomic E-state index is 0.272. The SMILES string of the molecule is COc1ccc(N(c2ccc3c(c2)c2ccccc2n3-c2ccc(F)cc2)c2ccc3c(c2)c2c[c]([Ge]([c]4ccccc4)([c]4ccccc4)[c]4ccccc4)ccc2n3-c2ccc(F)cc2)cc1. The zero-order chi connectivity index (χ0) is 45.8. The van der Waals surface area contributed by atoms with E-state index < -0.39 is 13.3 Å². The number of halogens is 2. The molecule has 326 valence electrons. The van der Waals surface area contributed by atoms with Crippen LogP contribution in [0.3, 0.4) is 0 Å². The molecule has 0 aliphatic carbocycles. The van der Waals surface area contributed by atoms with Gasteiger partial charge in [-0.2, -0.15) is 0 Å². The quantitative estimate of drug-likeness (QED) is 0.128. The molecule has 0 saturated heterocycles. The van der Waals surface area contributed by atoms with Crippen LogP contribution in [0.1, 0.15) is 0 Å². The first-order valence-corrected chi connectivity index (χ1v) is 26.9. The maximum absolute atomic E-state index is 14.6. The molecule has 10 aromatic carbocycles. The fourth-order valence-corrected chi connectivity index (χ4v) is 20.5. The van der Waals surface area contributed by atoms with Gasteiger partial charge in [-0.3, -0.25) is 0 Å². The van der Waals surface area contributed by atoms with Crippen LogP contribution < -0.4 is 27.2 Å². The van der Waals surface area contributed by atoms with Crippen molar-refractivity contribution < 1.29 is 13.5 Å². The number of hydrogen-bond acceptors (Lipinski definition) is 2. The van der Waals surface area contributed by atoms with E-state index in [-0.39, 0.29) is 11.6 Å². The first kappa shape index (κ1) is 41.2. The van der Waals surface area contributed by atoms with Gasteiger partial charge in [0.15, 0.2) is 0 Å². The molecule has 0 radical (unpaired) electrons. The van der Waals surface area contributed by atoms with Gasteiger partial charge in [-0.25, -0.2) is 4.39 Å². The van der Waals surface area contributed by atoms with Gasteiger partial charge in [0.05, 0.1) is 7.11 Å². The van der Waals surface area contributed by atoms with E-state index in [1.54, 1.807) is 7.11 Å². The summed E-state index contributed by atoms with van der Waals surface area (Å²) in [4.78, 5) is 2.30. The predicted octanol–water partition coefficient (Wildman–Crippen LogP) is 13.0. The van der Waals surface area contributed by atoms with Crippen molar-refractivity contribution in [3.05, 3.63) is 254 Å². The molecule has 0 N–H and O–H groups in total. The van der Waals surface area contributed by atoms with Crippen LogP contribution in [0.15, 0.2) is 243 Å². The Labute approximate surface area is 395 Å². The molecule has 0 bridgehead atoms. The van der Waals surface area contributed by atoms with Gasteiger partial charge in [0.1, 0.15) is 5.82 Å². The van der Waals surface area contributed by atoms with Crippen LogP contribution in [0.25, 0.3) is 55.0 Å². The fourth-order valence-electron chi connectivity index (χ4n) is 10.5. The number of nitrogens with zero attached hydrogens (tertiary/aromatic N) is 3. The van der Waals surface area contributed by atoms with Crippen molar-refractivity contribution in [2.24, 2.45) is 0 Å². The van der Waals surface area contributed by atoms with E-state index in [1.165, 1.54) is 41.8 Å². The Bertz CT molecular complexity index is 3680. The topological polar surface area (TPSA) is 22.3 Å². The van der Waals surface area contributed by atoms with Gasteiger partial charge in [-0.05, 0) is 30.3 Å². The summed E-state index contributed by atoms with van der Waals surface area (Å²) in [7, 11) is 1.68. The van der Waals surface area contributed by atoms with Crippen LogP contribution >= 0.6 is 0 Å². The maximum atomic E-state index is 14.6. The first-order chi connectivity index (χ1) is 33.5. The van der Waals surface area contributed by atoms with E-state index in [1.807, 2.05) is 42.5 Å². The molecule has 12 aromatic rings. The van der Waals surface area contributed by atoms with Crippen LogP contribution in [0, 0.1) is 11.6 Å². The van der Waals surface area contributed by atoms with E-state index in [9.17, 15) is 8.78 Å². The second kappa shape index (κ2) is 16.9. The molecule has 12 rings (SSSR count). The molecule has 4 nitrogen and oxygen atoms in total. The van der Waals surface area contributed by atoms with Gasteiger partial charge in [0.2, 0.25) is 0 Å². The van der Waals surface area contributed by atoms with Gasteiger partial charge >= 0.3 is 332 Å². The van der Waals surface area contributed by atoms with Gasteiger partial charge in [0, 0.05) is 5.69 Å². The Morgan fingerprint density at radius 1 is 0.353 bits per heavy atom.